The van der Waals surface area contributed by atoms with Crippen LogP contribution in [0.3, 0.4) is 0 Å². The zero-order valence-corrected chi connectivity index (χ0v) is 11.1. The van der Waals surface area contributed by atoms with Gasteiger partial charge in [0.25, 0.3) is 0 Å². The van der Waals surface area contributed by atoms with Gasteiger partial charge in [0, 0.05) is 19.1 Å². The van der Waals surface area contributed by atoms with Gasteiger partial charge in [-0.1, -0.05) is 12.1 Å². The van der Waals surface area contributed by atoms with Crippen LogP contribution in [0.15, 0.2) is 18.2 Å². The van der Waals surface area contributed by atoms with E-state index in [9.17, 15) is 8.78 Å². The molecule has 0 aromatic heterocycles. The minimum Gasteiger partial charge on any atom is -0.376 e. The summed E-state index contributed by atoms with van der Waals surface area (Å²) in [7, 11) is 1.58. The van der Waals surface area contributed by atoms with Crippen LogP contribution in [0, 0.1) is 11.6 Å². The zero-order chi connectivity index (χ0) is 14.1. The average Bonchev–Trinajstić information content (AvgIpc) is 2.87. The molecule has 0 N–H and O–H groups in total. The molecule has 1 aromatic rings. The van der Waals surface area contributed by atoms with Gasteiger partial charge >= 0.3 is 0 Å². The molecule has 3 rings (SSSR count). The van der Waals surface area contributed by atoms with Crippen molar-refractivity contribution in [3.8, 4) is 0 Å². The lowest BCUT2D eigenvalue weighted by atomic mass is 10.0. The van der Waals surface area contributed by atoms with Crippen LogP contribution in [0.5, 0.6) is 0 Å². The van der Waals surface area contributed by atoms with E-state index in [2.05, 4.69) is 0 Å². The lowest BCUT2D eigenvalue weighted by Gasteiger charge is -2.32. The fraction of sp³-hybridized carbons (Fsp3) is 0.571. The molecule has 2 aliphatic heterocycles. The van der Waals surface area contributed by atoms with Gasteiger partial charge in [0.1, 0.15) is 12.2 Å². The first-order valence-corrected chi connectivity index (χ1v) is 6.53. The maximum Gasteiger partial charge on any atom is 0.184 e. The van der Waals surface area contributed by atoms with Crippen LogP contribution in [0.4, 0.5) is 8.78 Å². The normalized spacial score (nSPS) is 32.5. The van der Waals surface area contributed by atoms with Crippen molar-refractivity contribution >= 4 is 0 Å². The van der Waals surface area contributed by atoms with E-state index in [0.29, 0.717) is 13.0 Å². The Labute approximate surface area is 115 Å². The topological polar surface area (TPSA) is 36.9 Å². The van der Waals surface area contributed by atoms with E-state index >= 15 is 0 Å². The Morgan fingerprint density at radius 3 is 2.95 bits per heavy atom. The second-order valence-corrected chi connectivity index (χ2v) is 4.95. The number of halogens is 2. The molecule has 1 aromatic carbocycles. The maximum atomic E-state index is 13.6. The lowest BCUT2D eigenvalue weighted by molar-refractivity contribution is -0.201. The Balaban J connectivity index is 1.64. The van der Waals surface area contributed by atoms with E-state index in [1.165, 1.54) is 12.1 Å². The summed E-state index contributed by atoms with van der Waals surface area (Å²) in [6, 6.07) is 4.05. The van der Waals surface area contributed by atoms with Crippen LogP contribution in [0.2, 0.25) is 0 Å². The maximum absolute atomic E-state index is 13.6. The van der Waals surface area contributed by atoms with Crippen LogP contribution in [0.25, 0.3) is 0 Å². The Kier molecular flexibility index (Phi) is 3.98. The molecule has 0 spiro atoms. The van der Waals surface area contributed by atoms with Crippen molar-refractivity contribution in [2.24, 2.45) is 0 Å². The predicted octanol–water partition coefficient (Wildman–Crippen LogP) is 2.01. The second kappa shape index (κ2) is 5.73. The van der Waals surface area contributed by atoms with Crippen molar-refractivity contribution in [1.29, 1.82) is 0 Å². The number of rotatable bonds is 4. The number of hydrogen-bond donors (Lipinski definition) is 0. The summed E-state index contributed by atoms with van der Waals surface area (Å²) < 4.78 is 48.7. The summed E-state index contributed by atoms with van der Waals surface area (Å²) in [6.45, 7) is 0.427. The van der Waals surface area contributed by atoms with Gasteiger partial charge in [0.15, 0.2) is 17.9 Å². The van der Waals surface area contributed by atoms with Crippen LogP contribution >= 0.6 is 0 Å². The summed E-state index contributed by atoms with van der Waals surface area (Å²) in [4.78, 5) is 0. The predicted molar refractivity (Wildman–Crippen MR) is 65.0 cm³/mol. The van der Waals surface area contributed by atoms with Crippen molar-refractivity contribution in [2.75, 3.05) is 13.7 Å². The quantitative estimate of drug-likeness (QED) is 0.848. The molecule has 0 aliphatic carbocycles. The molecule has 0 amide bonds. The third-order valence-electron chi connectivity index (χ3n) is 3.70. The summed E-state index contributed by atoms with van der Waals surface area (Å²) >= 11 is 0. The average molecular weight is 286 g/mol. The molecular formula is C14H16F2O4. The molecule has 0 unspecified atom stereocenters. The van der Waals surface area contributed by atoms with Crippen molar-refractivity contribution in [3.05, 3.63) is 35.4 Å². The van der Waals surface area contributed by atoms with E-state index in [-0.39, 0.29) is 36.8 Å². The Morgan fingerprint density at radius 2 is 2.15 bits per heavy atom. The van der Waals surface area contributed by atoms with Gasteiger partial charge in [-0.15, -0.1) is 0 Å². The number of benzene rings is 1. The smallest absolute Gasteiger partial charge is 0.184 e. The van der Waals surface area contributed by atoms with Gasteiger partial charge in [-0.3, -0.25) is 0 Å². The van der Waals surface area contributed by atoms with E-state index in [0.717, 1.165) is 6.07 Å². The first-order chi connectivity index (χ1) is 9.69. The molecule has 2 saturated heterocycles. The van der Waals surface area contributed by atoms with E-state index in [1.807, 2.05) is 0 Å². The van der Waals surface area contributed by atoms with Crippen LogP contribution < -0.4 is 0 Å². The highest BCUT2D eigenvalue weighted by atomic mass is 19.2. The molecule has 2 bridgehead atoms. The molecule has 0 radical (unpaired) electrons. The van der Waals surface area contributed by atoms with Gasteiger partial charge in [0.2, 0.25) is 0 Å². The summed E-state index contributed by atoms with van der Waals surface area (Å²) in [5.41, 5.74) is 0.194. The Morgan fingerprint density at radius 1 is 1.30 bits per heavy atom. The van der Waals surface area contributed by atoms with Gasteiger partial charge < -0.3 is 18.9 Å². The fourth-order valence-electron chi connectivity index (χ4n) is 2.56. The fourth-order valence-corrected chi connectivity index (χ4v) is 2.56. The van der Waals surface area contributed by atoms with E-state index in [1.54, 1.807) is 7.11 Å². The number of hydrogen-bond acceptors (Lipinski definition) is 4. The van der Waals surface area contributed by atoms with Gasteiger partial charge in [-0.05, 0) is 6.07 Å². The number of ether oxygens (including phenoxy) is 4. The summed E-state index contributed by atoms with van der Waals surface area (Å²) in [5, 5.41) is 0. The zero-order valence-electron chi connectivity index (χ0n) is 11.1. The molecule has 4 nitrogen and oxygen atoms in total. The molecule has 110 valence electrons. The molecule has 2 heterocycles. The number of methoxy groups -OCH3 is 1. The minimum absolute atomic E-state index is 0.00474. The minimum atomic E-state index is -0.870. The monoisotopic (exact) mass is 286 g/mol. The van der Waals surface area contributed by atoms with E-state index in [4.69, 9.17) is 18.9 Å². The molecular weight excluding hydrogens is 270 g/mol. The summed E-state index contributed by atoms with van der Waals surface area (Å²) in [6.07, 6.45) is -0.362. The SMILES string of the molecule is CO[C@@H]1C[C@H](OCc2cccc(F)c2F)[C@H]2CO[C@@H]1O2. The second-order valence-electron chi connectivity index (χ2n) is 4.95. The third kappa shape index (κ3) is 2.56. The van der Waals surface area contributed by atoms with Crippen molar-refractivity contribution < 1.29 is 27.7 Å². The molecule has 2 fully saturated rings. The molecule has 6 heteroatoms. The first-order valence-electron chi connectivity index (χ1n) is 6.53. The van der Waals surface area contributed by atoms with Gasteiger partial charge in [-0.25, -0.2) is 8.78 Å². The largest absolute Gasteiger partial charge is 0.376 e. The first kappa shape index (κ1) is 13.9. The van der Waals surface area contributed by atoms with Gasteiger partial charge in [-0.2, -0.15) is 0 Å². The lowest BCUT2D eigenvalue weighted by Crippen LogP contribution is -2.44. The molecule has 20 heavy (non-hydrogen) atoms. The molecule has 2 aliphatic rings. The third-order valence-corrected chi connectivity index (χ3v) is 3.70. The van der Waals surface area contributed by atoms with Crippen molar-refractivity contribution in [2.45, 2.75) is 37.6 Å². The molecule has 0 saturated carbocycles. The Bertz CT molecular complexity index is 482. The van der Waals surface area contributed by atoms with Crippen LogP contribution in [-0.2, 0) is 25.6 Å². The highest BCUT2D eigenvalue weighted by molar-refractivity contribution is 5.18. The summed E-state index contributed by atoms with van der Waals surface area (Å²) in [5.74, 6) is -1.74. The standard InChI is InChI=1S/C14H16F2O4/c1-17-11-5-10(12-7-19-14(11)20-12)18-6-8-3-2-4-9(15)13(8)16/h2-4,10-12,14H,5-7H2,1H3/t10-,11+,12+,14+/m0/s1. The molecule has 4 atom stereocenters. The van der Waals surface area contributed by atoms with Gasteiger partial charge in [0.05, 0.1) is 19.3 Å². The highest BCUT2D eigenvalue weighted by Crippen LogP contribution is 2.31. The van der Waals surface area contributed by atoms with Crippen molar-refractivity contribution in [1.82, 2.24) is 0 Å². The van der Waals surface area contributed by atoms with Crippen LogP contribution in [-0.4, -0.2) is 38.3 Å². The Hall–Kier alpha value is -1.08. The number of fused-ring (bicyclic) bond motifs is 2. The van der Waals surface area contributed by atoms with Crippen molar-refractivity contribution in [3.63, 3.8) is 0 Å². The van der Waals surface area contributed by atoms with E-state index < -0.39 is 11.6 Å². The highest BCUT2D eigenvalue weighted by Gasteiger charge is 2.44. The van der Waals surface area contributed by atoms with Crippen LogP contribution in [0.1, 0.15) is 12.0 Å².